The molecule has 1 amide bonds. The summed E-state index contributed by atoms with van der Waals surface area (Å²) >= 11 is 0. The number of nitrogens with zero attached hydrogens (tertiary/aromatic N) is 2. The Morgan fingerprint density at radius 1 is 1.48 bits per heavy atom. The fourth-order valence-electron chi connectivity index (χ4n) is 3.35. The molecule has 1 fully saturated rings. The van der Waals surface area contributed by atoms with Gasteiger partial charge in [-0.15, -0.1) is 0 Å². The molecule has 0 saturated carbocycles. The second-order valence-corrected chi connectivity index (χ2v) is 11.2. The molecule has 27 heavy (non-hydrogen) atoms. The van der Waals surface area contributed by atoms with E-state index in [4.69, 9.17) is 9.47 Å². The Balaban J connectivity index is 2.61. The van der Waals surface area contributed by atoms with Gasteiger partial charge in [-0.25, -0.2) is 4.79 Å². The van der Waals surface area contributed by atoms with Crippen molar-refractivity contribution in [1.82, 2.24) is 9.55 Å². The lowest BCUT2D eigenvalue weighted by atomic mass is 10.1. The summed E-state index contributed by atoms with van der Waals surface area (Å²) in [6.07, 6.45) is -1.35. The molecule has 2 heterocycles. The Morgan fingerprint density at radius 3 is 2.56 bits per heavy atom. The fraction of sp³-hybridized carbons (Fsp3) is 0.706. The van der Waals surface area contributed by atoms with E-state index in [1.165, 1.54) is 23.8 Å². The Bertz CT molecular complexity index is 747. The van der Waals surface area contributed by atoms with Crippen LogP contribution < -0.4 is 11.0 Å². The molecule has 1 aromatic heterocycles. The molecule has 1 aliphatic rings. The molecule has 10 heteroatoms. The van der Waals surface area contributed by atoms with Gasteiger partial charge in [0, 0.05) is 13.1 Å². The van der Waals surface area contributed by atoms with Crippen LogP contribution in [0, 0.1) is 0 Å². The zero-order valence-electron chi connectivity index (χ0n) is 16.6. The molecule has 2 rings (SSSR count). The van der Waals surface area contributed by atoms with E-state index in [-0.39, 0.29) is 11.7 Å². The van der Waals surface area contributed by atoms with Crippen LogP contribution in [0.1, 0.15) is 27.7 Å². The number of nitrogens with one attached hydrogen (secondary N) is 1. The van der Waals surface area contributed by atoms with Gasteiger partial charge in [-0.2, -0.15) is 4.98 Å². The van der Waals surface area contributed by atoms with Crippen LogP contribution in [0.4, 0.5) is 5.82 Å². The molecular weight excluding hydrogens is 370 g/mol. The van der Waals surface area contributed by atoms with Crippen LogP contribution in [0.3, 0.4) is 0 Å². The SMILES string of the molecule is CC(=O)Nc1ccn([C@]2([SiH](C)C)O[C@H](CO)[C@@H](O)[C@H]2OC(C)(C)C)c(=O)n1. The van der Waals surface area contributed by atoms with Crippen molar-refractivity contribution in [3.63, 3.8) is 0 Å². The second-order valence-electron chi connectivity index (χ2n) is 8.03. The van der Waals surface area contributed by atoms with Crippen LogP contribution in [-0.2, 0) is 19.6 Å². The Labute approximate surface area is 159 Å². The van der Waals surface area contributed by atoms with Gasteiger partial charge < -0.3 is 25.0 Å². The summed E-state index contributed by atoms with van der Waals surface area (Å²) in [4.78, 5) is 27.9. The van der Waals surface area contributed by atoms with Gasteiger partial charge in [0.05, 0.1) is 21.0 Å². The monoisotopic (exact) mass is 399 g/mol. The van der Waals surface area contributed by atoms with Crippen molar-refractivity contribution in [3.05, 3.63) is 22.7 Å². The standard InChI is InChI=1S/C17H29N3O6Si/c1-10(22)18-12-7-8-20(15(24)19-12)17(27(5)6)14(26-16(2,3)4)13(23)11(9-21)25-17/h7-8,11,13-14,21,23,27H,9H2,1-6H3,(H,18,19,22,24)/t11-,13-,14-,17+/m1/s1. The second kappa shape index (κ2) is 7.80. The maximum Gasteiger partial charge on any atom is 0.351 e. The van der Waals surface area contributed by atoms with Crippen LogP contribution in [0.2, 0.25) is 13.1 Å². The lowest BCUT2D eigenvalue weighted by Crippen LogP contribution is -2.60. The number of ether oxygens (including phenoxy) is 2. The molecule has 9 nitrogen and oxygen atoms in total. The summed E-state index contributed by atoms with van der Waals surface area (Å²) in [5.41, 5.74) is -1.24. The first kappa shape index (κ1) is 21.7. The van der Waals surface area contributed by atoms with Gasteiger partial charge in [0.15, 0.2) is 5.35 Å². The quantitative estimate of drug-likeness (QED) is 0.587. The summed E-state index contributed by atoms with van der Waals surface area (Å²) in [5.74, 6) is -0.204. The van der Waals surface area contributed by atoms with Crippen molar-refractivity contribution in [2.24, 2.45) is 0 Å². The number of carbonyl (C=O) groups excluding carboxylic acids is 1. The maximum absolute atomic E-state index is 12.8. The van der Waals surface area contributed by atoms with Crippen LogP contribution >= 0.6 is 0 Å². The number of anilines is 1. The summed E-state index contributed by atoms with van der Waals surface area (Å²) in [5, 5.41) is 21.6. The average molecular weight is 400 g/mol. The predicted molar refractivity (Wildman–Crippen MR) is 102 cm³/mol. The number of carbonyl (C=O) groups is 1. The highest BCUT2D eigenvalue weighted by atomic mass is 28.3. The number of aromatic nitrogens is 2. The normalized spacial score (nSPS) is 28.6. The van der Waals surface area contributed by atoms with Crippen molar-refractivity contribution in [1.29, 1.82) is 0 Å². The van der Waals surface area contributed by atoms with Gasteiger partial charge in [-0.3, -0.25) is 9.36 Å². The third kappa shape index (κ3) is 4.30. The molecule has 3 N–H and O–H groups in total. The van der Waals surface area contributed by atoms with E-state index < -0.39 is 50.4 Å². The lowest BCUT2D eigenvalue weighted by molar-refractivity contribution is -0.154. The van der Waals surface area contributed by atoms with E-state index in [2.05, 4.69) is 10.3 Å². The highest BCUT2D eigenvalue weighted by Crippen LogP contribution is 2.40. The molecule has 0 unspecified atom stereocenters. The van der Waals surface area contributed by atoms with Gasteiger partial charge in [-0.05, 0) is 26.8 Å². The molecule has 1 saturated heterocycles. The molecule has 0 aromatic carbocycles. The summed E-state index contributed by atoms with van der Waals surface area (Å²) in [6, 6.07) is 1.50. The predicted octanol–water partition coefficient (Wildman–Crippen LogP) is -0.184. The third-order valence-electron chi connectivity index (χ3n) is 4.41. The van der Waals surface area contributed by atoms with E-state index in [0.29, 0.717) is 0 Å². The van der Waals surface area contributed by atoms with Gasteiger partial charge in [0.2, 0.25) is 5.91 Å². The van der Waals surface area contributed by atoms with Crippen molar-refractivity contribution in [3.8, 4) is 0 Å². The van der Waals surface area contributed by atoms with Gasteiger partial charge in [-0.1, -0.05) is 13.1 Å². The number of hydrogen-bond acceptors (Lipinski definition) is 7. The van der Waals surface area contributed by atoms with Crippen LogP contribution in [0.15, 0.2) is 17.1 Å². The van der Waals surface area contributed by atoms with E-state index in [1.54, 1.807) is 0 Å². The zero-order valence-corrected chi connectivity index (χ0v) is 17.7. The zero-order chi connectivity index (χ0) is 20.6. The number of aliphatic hydroxyl groups excluding tert-OH is 2. The highest BCUT2D eigenvalue weighted by molar-refractivity contribution is 6.58. The minimum absolute atomic E-state index is 0.134. The molecule has 0 aliphatic carbocycles. The average Bonchev–Trinajstić information content (AvgIpc) is 2.79. The Kier molecular flexibility index (Phi) is 6.27. The van der Waals surface area contributed by atoms with Gasteiger partial charge in [0.25, 0.3) is 0 Å². The van der Waals surface area contributed by atoms with Crippen LogP contribution in [0.25, 0.3) is 0 Å². The molecule has 0 bridgehead atoms. The summed E-state index contributed by atoms with van der Waals surface area (Å²) in [7, 11) is -1.88. The number of hydrogen-bond donors (Lipinski definition) is 3. The summed E-state index contributed by atoms with van der Waals surface area (Å²) < 4.78 is 13.5. The van der Waals surface area contributed by atoms with Gasteiger partial charge in [0.1, 0.15) is 24.1 Å². The first-order valence-electron chi connectivity index (χ1n) is 8.94. The minimum atomic E-state index is -1.88. The van der Waals surface area contributed by atoms with E-state index >= 15 is 0 Å². The van der Waals surface area contributed by atoms with Crippen molar-refractivity contribution in [2.75, 3.05) is 11.9 Å². The molecule has 0 spiro atoms. The first-order chi connectivity index (χ1) is 12.4. The smallest absolute Gasteiger partial charge is 0.351 e. The topological polar surface area (TPSA) is 123 Å². The first-order valence-corrected chi connectivity index (χ1v) is 11.8. The third-order valence-corrected chi connectivity index (χ3v) is 6.81. The van der Waals surface area contributed by atoms with Crippen molar-refractivity contribution < 1.29 is 24.5 Å². The number of rotatable bonds is 5. The lowest BCUT2D eigenvalue weighted by Gasteiger charge is -2.41. The molecule has 4 atom stereocenters. The number of aliphatic hydroxyl groups is 2. The highest BCUT2D eigenvalue weighted by Gasteiger charge is 2.59. The van der Waals surface area contributed by atoms with Gasteiger partial charge >= 0.3 is 5.69 Å². The van der Waals surface area contributed by atoms with Crippen LogP contribution in [0.5, 0.6) is 0 Å². The van der Waals surface area contributed by atoms with E-state index in [1.807, 2.05) is 33.9 Å². The fourth-order valence-corrected chi connectivity index (χ4v) is 5.48. The number of amides is 1. The molecule has 1 aliphatic heterocycles. The Hall–Kier alpha value is -1.59. The minimum Gasteiger partial charge on any atom is -0.394 e. The molecule has 0 radical (unpaired) electrons. The maximum atomic E-state index is 12.8. The molecule has 1 aromatic rings. The van der Waals surface area contributed by atoms with E-state index in [0.717, 1.165) is 0 Å². The largest absolute Gasteiger partial charge is 0.394 e. The molecule has 152 valence electrons. The van der Waals surface area contributed by atoms with Crippen molar-refractivity contribution >= 4 is 20.5 Å². The summed E-state index contributed by atoms with van der Waals surface area (Å²) in [6.45, 7) is 10.4. The Morgan fingerprint density at radius 2 is 2.11 bits per heavy atom. The van der Waals surface area contributed by atoms with Crippen LogP contribution in [-0.4, -0.2) is 65.0 Å². The van der Waals surface area contributed by atoms with Crippen molar-refractivity contribution in [2.45, 2.75) is 70.1 Å². The van der Waals surface area contributed by atoms with E-state index in [9.17, 15) is 19.8 Å². The molecular formula is C17H29N3O6Si.